The normalized spacial score (nSPS) is 20.9. The minimum Gasteiger partial charge on any atom is -0.459 e. The number of ether oxygens (including phenoxy) is 1. The molecule has 1 saturated heterocycles. The van der Waals surface area contributed by atoms with E-state index in [4.69, 9.17) is 16.3 Å². The molecule has 4 N–H and O–H groups in total. The van der Waals surface area contributed by atoms with E-state index in [0.717, 1.165) is 0 Å². The van der Waals surface area contributed by atoms with Gasteiger partial charge in [0.1, 0.15) is 11.0 Å². The molecule has 1 rings (SSSR count). The molecule has 98 valence electrons. The van der Waals surface area contributed by atoms with E-state index >= 15 is 0 Å². The summed E-state index contributed by atoms with van der Waals surface area (Å²) in [4.78, 5) is 23.7. The molecule has 17 heavy (non-hydrogen) atoms. The van der Waals surface area contributed by atoms with Crippen LogP contribution in [0.15, 0.2) is 0 Å². The lowest BCUT2D eigenvalue weighted by molar-refractivity contribution is -0.173. The smallest absolute Gasteiger partial charge is 0.322 e. The summed E-state index contributed by atoms with van der Waals surface area (Å²) in [6.07, 6.45) is 0.626. The molecule has 0 atom stereocenters. The second-order valence-electron chi connectivity index (χ2n) is 5.48. The molecule has 1 aliphatic heterocycles. The lowest BCUT2D eigenvalue weighted by Gasteiger charge is -2.37. The third kappa shape index (κ3) is 3.17. The molecule has 0 radical (unpaired) electrons. The van der Waals surface area contributed by atoms with Gasteiger partial charge in [0.15, 0.2) is 0 Å². The van der Waals surface area contributed by atoms with Crippen molar-refractivity contribution in [1.82, 2.24) is 5.01 Å². The van der Waals surface area contributed by atoms with E-state index in [2.05, 4.69) is 0 Å². The Morgan fingerprint density at radius 3 is 2.06 bits per heavy atom. The van der Waals surface area contributed by atoms with Crippen molar-refractivity contribution in [3.05, 3.63) is 0 Å². The summed E-state index contributed by atoms with van der Waals surface area (Å²) in [5.41, 5.74) is 3.52. The van der Waals surface area contributed by atoms with Crippen molar-refractivity contribution >= 4 is 11.9 Å². The molecule has 1 heterocycles. The molecule has 1 amide bonds. The summed E-state index contributed by atoms with van der Waals surface area (Å²) in [6.45, 7) is 6.21. The van der Waals surface area contributed by atoms with E-state index < -0.39 is 22.9 Å². The molecule has 6 heteroatoms. The van der Waals surface area contributed by atoms with Gasteiger partial charge in [-0.15, -0.1) is 0 Å². The SMILES string of the molecule is CC(C)(C)OC(=O)C1(C(N)=O)CCN(N)CC1. The minimum atomic E-state index is -1.22. The van der Waals surface area contributed by atoms with Crippen LogP contribution < -0.4 is 11.6 Å². The molecule has 0 aromatic carbocycles. The molecule has 0 unspecified atom stereocenters. The Morgan fingerprint density at radius 1 is 1.24 bits per heavy atom. The van der Waals surface area contributed by atoms with Crippen LogP contribution in [0.3, 0.4) is 0 Å². The number of carbonyl (C=O) groups is 2. The zero-order chi connectivity index (χ0) is 13.3. The largest absolute Gasteiger partial charge is 0.459 e. The van der Waals surface area contributed by atoms with E-state index in [0.29, 0.717) is 25.9 Å². The standard InChI is InChI=1S/C11H21N3O3/c1-10(2,3)17-9(16)11(8(12)15)4-6-14(13)7-5-11/h4-7,13H2,1-3H3,(H2,12,15). The van der Waals surface area contributed by atoms with E-state index in [9.17, 15) is 9.59 Å². The van der Waals surface area contributed by atoms with Gasteiger partial charge in [-0.1, -0.05) is 0 Å². The first kappa shape index (κ1) is 13.9. The number of carbonyl (C=O) groups excluding carboxylic acids is 2. The zero-order valence-electron chi connectivity index (χ0n) is 10.7. The number of hydrogen-bond acceptors (Lipinski definition) is 5. The van der Waals surface area contributed by atoms with Gasteiger partial charge in [0.25, 0.3) is 0 Å². The molecule has 0 aromatic heterocycles. The number of amides is 1. The highest BCUT2D eigenvalue weighted by Gasteiger charge is 2.48. The van der Waals surface area contributed by atoms with Gasteiger partial charge in [0.05, 0.1) is 0 Å². The van der Waals surface area contributed by atoms with Crippen LogP contribution in [0.2, 0.25) is 0 Å². The van der Waals surface area contributed by atoms with Crippen LogP contribution in [0.5, 0.6) is 0 Å². The highest BCUT2D eigenvalue weighted by atomic mass is 16.6. The van der Waals surface area contributed by atoms with Gasteiger partial charge in [-0.25, -0.2) is 5.01 Å². The average Bonchev–Trinajstić information content (AvgIpc) is 2.15. The van der Waals surface area contributed by atoms with Gasteiger partial charge in [-0.2, -0.15) is 0 Å². The monoisotopic (exact) mass is 243 g/mol. The Bertz CT molecular complexity index is 314. The number of hydrazine groups is 1. The van der Waals surface area contributed by atoms with Crippen LogP contribution in [-0.4, -0.2) is 35.6 Å². The highest BCUT2D eigenvalue weighted by Crippen LogP contribution is 2.33. The van der Waals surface area contributed by atoms with E-state index in [-0.39, 0.29) is 0 Å². The second-order valence-corrected chi connectivity index (χ2v) is 5.48. The molecule has 0 bridgehead atoms. The van der Waals surface area contributed by atoms with Crippen LogP contribution in [0.1, 0.15) is 33.6 Å². The Balaban J connectivity index is 2.86. The third-order valence-electron chi connectivity index (χ3n) is 2.91. The molecular weight excluding hydrogens is 222 g/mol. The van der Waals surface area contributed by atoms with Gasteiger partial charge >= 0.3 is 5.97 Å². The van der Waals surface area contributed by atoms with Crippen LogP contribution in [-0.2, 0) is 14.3 Å². The van der Waals surface area contributed by atoms with Crippen molar-refractivity contribution < 1.29 is 14.3 Å². The second kappa shape index (κ2) is 4.62. The quantitative estimate of drug-likeness (QED) is 0.396. The molecule has 0 saturated carbocycles. The van der Waals surface area contributed by atoms with Crippen molar-refractivity contribution in [3.8, 4) is 0 Å². The molecule has 6 nitrogen and oxygen atoms in total. The number of rotatable bonds is 2. The summed E-state index contributed by atoms with van der Waals surface area (Å²) in [6, 6.07) is 0. The molecule has 0 aliphatic carbocycles. The van der Waals surface area contributed by atoms with Gasteiger partial charge in [-0.3, -0.25) is 15.4 Å². The first-order valence-electron chi connectivity index (χ1n) is 5.70. The van der Waals surface area contributed by atoms with Gasteiger partial charge in [0.2, 0.25) is 5.91 Å². The Morgan fingerprint density at radius 2 is 1.71 bits per heavy atom. The minimum absolute atomic E-state index is 0.313. The van der Waals surface area contributed by atoms with Crippen molar-refractivity contribution in [1.29, 1.82) is 0 Å². The zero-order valence-corrected chi connectivity index (χ0v) is 10.7. The maximum Gasteiger partial charge on any atom is 0.322 e. The van der Waals surface area contributed by atoms with Gasteiger partial charge in [-0.05, 0) is 33.6 Å². The average molecular weight is 243 g/mol. The summed E-state index contributed by atoms with van der Waals surface area (Å²) in [5.74, 6) is 4.45. The van der Waals surface area contributed by atoms with Crippen molar-refractivity contribution in [2.75, 3.05) is 13.1 Å². The number of piperidine rings is 1. The number of nitrogens with two attached hydrogens (primary N) is 2. The molecule has 1 fully saturated rings. The molecular formula is C11H21N3O3. The number of nitrogens with zero attached hydrogens (tertiary/aromatic N) is 1. The van der Waals surface area contributed by atoms with Crippen LogP contribution in [0.4, 0.5) is 0 Å². The number of primary amides is 1. The van der Waals surface area contributed by atoms with Crippen molar-refractivity contribution in [2.45, 2.75) is 39.2 Å². The predicted molar refractivity (Wildman–Crippen MR) is 62.5 cm³/mol. The first-order chi connectivity index (χ1) is 7.67. The molecule has 0 aromatic rings. The molecule has 0 spiro atoms. The Labute approximate surface area is 101 Å². The van der Waals surface area contributed by atoms with Crippen molar-refractivity contribution in [2.24, 2.45) is 17.0 Å². The van der Waals surface area contributed by atoms with Crippen molar-refractivity contribution in [3.63, 3.8) is 0 Å². The Hall–Kier alpha value is -1.14. The lowest BCUT2D eigenvalue weighted by Crippen LogP contribution is -2.54. The first-order valence-corrected chi connectivity index (χ1v) is 5.70. The maximum absolute atomic E-state index is 12.1. The summed E-state index contributed by atoms with van der Waals surface area (Å²) < 4.78 is 5.28. The van der Waals surface area contributed by atoms with Gasteiger partial charge < -0.3 is 10.5 Å². The fourth-order valence-electron chi connectivity index (χ4n) is 1.83. The highest BCUT2D eigenvalue weighted by molar-refractivity contribution is 6.02. The third-order valence-corrected chi connectivity index (χ3v) is 2.91. The van der Waals surface area contributed by atoms with E-state index in [1.165, 1.54) is 0 Å². The fourth-order valence-corrected chi connectivity index (χ4v) is 1.83. The van der Waals surface area contributed by atoms with Crippen LogP contribution in [0, 0.1) is 5.41 Å². The topological polar surface area (TPSA) is 98.6 Å². The lowest BCUT2D eigenvalue weighted by atomic mass is 9.78. The van der Waals surface area contributed by atoms with Gasteiger partial charge in [0, 0.05) is 13.1 Å². The summed E-state index contributed by atoms with van der Waals surface area (Å²) in [5, 5.41) is 1.57. The summed E-state index contributed by atoms with van der Waals surface area (Å²) >= 11 is 0. The molecule has 1 aliphatic rings. The number of hydrogen-bond donors (Lipinski definition) is 2. The fraction of sp³-hybridized carbons (Fsp3) is 0.818. The summed E-state index contributed by atoms with van der Waals surface area (Å²) in [7, 11) is 0. The van der Waals surface area contributed by atoms with E-state index in [1.807, 2.05) is 0 Å². The maximum atomic E-state index is 12.1. The van der Waals surface area contributed by atoms with E-state index in [1.54, 1.807) is 25.8 Å². The van der Waals surface area contributed by atoms with Crippen LogP contribution in [0.25, 0.3) is 0 Å². The predicted octanol–water partition coefficient (Wildman–Crippen LogP) is -0.231. The Kier molecular flexibility index (Phi) is 3.78. The van der Waals surface area contributed by atoms with Crippen LogP contribution >= 0.6 is 0 Å². The number of esters is 1.